The van der Waals surface area contributed by atoms with E-state index in [1.165, 1.54) is 16.9 Å². The number of carboxylic acid groups (broad SMARTS) is 1. The fourth-order valence-corrected chi connectivity index (χ4v) is 4.85. The fraction of sp³-hybridized carbons (Fsp3) is 0.636. The Morgan fingerprint density at radius 2 is 2.35 bits per heavy atom. The van der Waals surface area contributed by atoms with Gasteiger partial charge in [-0.25, -0.2) is 18.2 Å². The zero-order valence-electron chi connectivity index (χ0n) is 11.3. The van der Waals surface area contributed by atoms with Gasteiger partial charge < -0.3 is 10.0 Å². The van der Waals surface area contributed by atoms with Crippen LogP contribution in [0.4, 0.5) is 0 Å². The molecule has 2 rings (SSSR count). The lowest BCUT2D eigenvalue weighted by Gasteiger charge is -2.25. The summed E-state index contributed by atoms with van der Waals surface area (Å²) in [4.78, 5) is 16.7. The summed E-state index contributed by atoms with van der Waals surface area (Å²) in [7, 11) is -0.356. The first-order valence-electron chi connectivity index (χ1n) is 6.17. The zero-order chi connectivity index (χ0) is 14.9. The second-order valence-corrected chi connectivity index (χ2v) is 7.95. The number of carbonyl (C=O) groups is 1. The molecule has 7 nitrogen and oxygen atoms in total. The molecule has 1 aliphatic heterocycles. The van der Waals surface area contributed by atoms with E-state index in [0.29, 0.717) is 6.54 Å². The number of thiazole rings is 1. The van der Waals surface area contributed by atoms with Crippen molar-refractivity contribution in [1.29, 1.82) is 0 Å². The van der Waals surface area contributed by atoms with E-state index < -0.39 is 21.7 Å². The lowest BCUT2D eigenvalue weighted by atomic mass is 10.2. The van der Waals surface area contributed by atoms with Crippen LogP contribution in [-0.4, -0.2) is 66.9 Å². The van der Waals surface area contributed by atoms with E-state index in [9.17, 15) is 13.2 Å². The molecule has 20 heavy (non-hydrogen) atoms. The van der Waals surface area contributed by atoms with Gasteiger partial charge in [0.05, 0.1) is 5.51 Å². The van der Waals surface area contributed by atoms with Crippen molar-refractivity contribution >= 4 is 27.3 Å². The molecule has 1 saturated heterocycles. The Morgan fingerprint density at radius 1 is 1.65 bits per heavy atom. The molecule has 1 aromatic rings. The topological polar surface area (TPSA) is 90.8 Å². The number of aromatic nitrogens is 1. The van der Waals surface area contributed by atoms with Crippen LogP contribution in [0.3, 0.4) is 0 Å². The molecular weight excluding hydrogens is 302 g/mol. The van der Waals surface area contributed by atoms with E-state index in [-0.39, 0.29) is 10.3 Å². The summed E-state index contributed by atoms with van der Waals surface area (Å²) < 4.78 is 25.9. The number of likely N-dealkylation sites (tertiary alicyclic amines) is 1. The molecular formula is C11H17N3O4S2. The van der Waals surface area contributed by atoms with Crippen molar-refractivity contribution < 1.29 is 18.3 Å². The minimum absolute atomic E-state index is 0.177. The maximum Gasteiger partial charge on any atom is 0.356 e. The van der Waals surface area contributed by atoms with Gasteiger partial charge >= 0.3 is 5.97 Å². The highest BCUT2D eigenvalue weighted by molar-refractivity contribution is 7.91. The first-order chi connectivity index (χ1) is 9.34. The highest BCUT2D eigenvalue weighted by Gasteiger charge is 2.32. The van der Waals surface area contributed by atoms with E-state index in [2.05, 4.69) is 9.88 Å². The summed E-state index contributed by atoms with van der Waals surface area (Å²) in [5, 5.41) is 8.98. The van der Waals surface area contributed by atoms with Crippen molar-refractivity contribution in [3.05, 3.63) is 11.2 Å². The Bertz CT molecular complexity index is 599. The molecule has 0 saturated carbocycles. The van der Waals surface area contributed by atoms with E-state index in [0.717, 1.165) is 30.7 Å². The summed E-state index contributed by atoms with van der Waals surface area (Å²) in [5.41, 5.74) is 0.841. The molecule has 1 aliphatic rings. The van der Waals surface area contributed by atoms with Crippen molar-refractivity contribution in [2.75, 3.05) is 27.2 Å². The summed E-state index contributed by atoms with van der Waals surface area (Å²) in [6, 6.07) is 0.177. The number of nitrogens with zero attached hydrogens (tertiary/aromatic N) is 3. The van der Waals surface area contributed by atoms with Crippen LogP contribution in [0.2, 0.25) is 0 Å². The molecule has 1 unspecified atom stereocenters. The molecule has 0 aliphatic carbocycles. The molecule has 1 atom stereocenters. The second-order valence-electron chi connectivity index (χ2n) is 4.86. The molecule has 1 aromatic heterocycles. The third-order valence-corrected chi connectivity index (χ3v) is 6.69. The van der Waals surface area contributed by atoms with Gasteiger partial charge in [0, 0.05) is 19.6 Å². The van der Waals surface area contributed by atoms with Gasteiger partial charge in [-0.2, -0.15) is 4.31 Å². The predicted octanol–water partition coefficient (Wildman–Crippen LogP) is 0.556. The number of carboxylic acids is 1. The third-order valence-electron chi connectivity index (χ3n) is 3.52. The maximum atomic E-state index is 12.4. The van der Waals surface area contributed by atoms with Gasteiger partial charge in [0.15, 0.2) is 9.90 Å². The molecule has 1 fully saturated rings. The maximum absolute atomic E-state index is 12.4. The number of hydrogen-bond acceptors (Lipinski definition) is 6. The number of hydrogen-bond donors (Lipinski definition) is 1. The quantitative estimate of drug-likeness (QED) is 0.852. The van der Waals surface area contributed by atoms with Gasteiger partial charge in [-0.05, 0) is 26.4 Å². The smallest absolute Gasteiger partial charge is 0.356 e. The first-order valence-corrected chi connectivity index (χ1v) is 8.49. The van der Waals surface area contributed by atoms with Crippen LogP contribution in [0.5, 0.6) is 0 Å². The highest BCUT2D eigenvalue weighted by atomic mass is 32.2. The van der Waals surface area contributed by atoms with Crippen molar-refractivity contribution in [2.45, 2.75) is 23.1 Å². The van der Waals surface area contributed by atoms with Crippen LogP contribution < -0.4 is 0 Å². The molecule has 0 radical (unpaired) electrons. The van der Waals surface area contributed by atoms with Gasteiger partial charge in [-0.1, -0.05) is 0 Å². The third kappa shape index (κ3) is 2.85. The van der Waals surface area contributed by atoms with Crippen LogP contribution in [0.15, 0.2) is 9.72 Å². The van der Waals surface area contributed by atoms with Crippen molar-refractivity contribution in [3.8, 4) is 0 Å². The second kappa shape index (κ2) is 5.76. The summed E-state index contributed by atoms with van der Waals surface area (Å²) in [6.45, 7) is 1.31. The lowest BCUT2D eigenvalue weighted by Crippen LogP contribution is -2.39. The minimum Gasteiger partial charge on any atom is -0.476 e. The number of aromatic carboxylic acids is 1. The molecule has 0 aromatic carbocycles. The van der Waals surface area contributed by atoms with Gasteiger partial charge in [0.25, 0.3) is 10.0 Å². The van der Waals surface area contributed by atoms with Gasteiger partial charge in [-0.15, -0.1) is 11.3 Å². The standard InChI is InChI=1S/C11H17N3O4S2/c1-13-5-3-4-8(13)6-14(2)20(17,18)11-9(10(15)16)12-7-19-11/h7-8H,3-6H2,1-2H3,(H,15,16). The SMILES string of the molecule is CN1CCCC1CN(C)S(=O)(=O)c1scnc1C(=O)O. The molecule has 9 heteroatoms. The lowest BCUT2D eigenvalue weighted by molar-refractivity contribution is 0.0687. The first kappa shape index (κ1) is 15.4. The van der Waals surface area contributed by atoms with Crippen molar-refractivity contribution in [3.63, 3.8) is 0 Å². The molecule has 0 bridgehead atoms. The van der Waals surface area contributed by atoms with E-state index >= 15 is 0 Å². The molecule has 2 heterocycles. The molecule has 112 valence electrons. The molecule has 1 N–H and O–H groups in total. The monoisotopic (exact) mass is 319 g/mol. The Hall–Kier alpha value is -1.03. The average molecular weight is 319 g/mol. The summed E-state index contributed by atoms with van der Waals surface area (Å²) in [6.07, 6.45) is 2.00. The normalized spacial score (nSPS) is 20.6. The van der Waals surface area contributed by atoms with Gasteiger partial charge in [-0.3, -0.25) is 0 Å². The Kier molecular flexibility index (Phi) is 4.43. The van der Waals surface area contributed by atoms with Crippen LogP contribution in [0, 0.1) is 0 Å². The zero-order valence-corrected chi connectivity index (χ0v) is 12.9. The van der Waals surface area contributed by atoms with Crippen LogP contribution in [-0.2, 0) is 10.0 Å². The van der Waals surface area contributed by atoms with Crippen LogP contribution >= 0.6 is 11.3 Å². The average Bonchev–Trinajstić information content (AvgIpc) is 2.99. The van der Waals surface area contributed by atoms with E-state index in [1.807, 2.05) is 7.05 Å². The summed E-state index contributed by atoms with van der Waals surface area (Å²) >= 11 is 0.837. The Balaban J connectivity index is 2.21. The number of rotatable bonds is 5. The van der Waals surface area contributed by atoms with Crippen molar-refractivity contribution in [2.24, 2.45) is 0 Å². The number of likely N-dealkylation sites (N-methyl/N-ethyl adjacent to an activating group) is 2. The largest absolute Gasteiger partial charge is 0.476 e. The predicted molar refractivity (Wildman–Crippen MR) is 74.5 cm³/mol. The Morgan fingerprint density at radius 3 is 2.90 bits per heavy atom. The Labute approximate surface area is 121 Å². The van der Waals surface area contributed by atoms with Gasteiger partial charge in [0.1, 0.15) is 0 Å². The van der Waals surface area contributed by atoms with E-state index in [1.54, 1.807) is 0 Å². The minimum atomic E-state index is -3.80. The van der Waals surface area contributed by atoms with Crippen molar-refractivity contribution in [1.82, 2.24) is 14.2 Å². The molecule has 0 amide bonds. The van der Waals surface area contributed by atoms with E-state index in [4.69, 9.17) is 5.11 Å². The van der Waals surface area contributed by atoms with Crippen LogP contribution in [0.25, 0.3) is 0 Å². The van der Waals surface area contributed by atoms with Crippen LogP contribution in [0.1, 0.15) is 23.3 Å². The van der Waals surface area contributed by atoms with Gasteiger partial charge in [0.2, 0.25) is 0 Å². The molecule has 0 spiro atoms. The highest BCUT2D eigenvalue weighted by Crippen LogP contribution is 2.25. The number of sulfonamides is 1. The fourth-order valence-electron chi connectivity index (χ4n) is 2.31. The summed E-state index contributed by atoms with van der Waals surface area (Å²) in [5.74, 6) is -1.32.